The number of nitrogens with one attached hydrogen (secondary N) is 1. The maximum Gasteiger partial charge on any atom is 0.330 e. The lowest BCUT2D eigenvalue weighted by molar-refractivity contribution is 0.0992. The van der Waals surface area contributed by atoms with Crippen molar-refractivity contribution in [3.8, 4) is 0 Å². The number of sulfonamides is 1. The van der Waals surface area contributed by atoms with Gasteiger partial charge in [-0.3, -0.25) is 19.1 Å². The van der Waals surface area contributed by atoms with E-state index in [2.05, 4.69) is 4.98 Å². The van der Waals surface area contributed by atoms with Gasteiger partial charge in [-0.1, -0.05) is 36.4 Å². The zero-order valence-corrected chi connectivity index (χ0v) is 18.6. The molecule has 0 atom stereocenters. The first-order valence-electron chi connectivity index (χ1n) is 9.51. The van der Waals surface area contributed by atoms with Crippen LogP contribution in [0.1, 0.15) is 15.9 Å². The number of amides is 1. The van der Waals surface area contributed by atoms with E-state index in [9.17, 15) is 22.8 Å². The molecule has 3 aromatic rings. The third kappa shape index (κ3) is 4.34. The van der Waals surface area contributed by atoms with Crippen molar-refractivity contribution in [3.05, 3.63) is 86.6 Å². The summed E-state index contributed by atoms with van der Waals surface area (Å²) in [6.07, 6.45) is 0. The van der Waals surface area contributed by atoms with Crippen molar-refractivity contribution < 1.29 is 13.2 Å². The average Bonchev–Trinajstić information content (AvgIpc) is 2.76. The number of nitrogens with zero attached hydrogens (tertiary/aromatic N) is 3. The Hall–Kier alpha value is -3.70. The molecule has 1 heterocycles. The second-order valence-corrected chi connectivity index (χ2v) is 9.40. The van der Waals surface area contributed by atoms with E-state index < -0.39 is 27.2 Å². The molecule has 0 spiro atoms. The molecule has 0 fully saturated rings. The van der Waals surface area contributed by atoms with E-state index >= 15 is 0 Å². The topological polar surface area (TPSA) is 139 Å². The van der Waals surface area contributed by atoms with Gasteiger partial charge in [0.15, 0.2) is 5.69 Å². The molecule has 1 amide bonds. The number of rotatable bonds is 6. The van der Waals surface area contributed by atoms with Gasteiger partial charge in [0.25, 0.3) is 11.5 Å². The third-order valence-electron chi connectivity index (χ3n) is 4.90. The lowest BCUT2D eigenvalue weighted by Crippen LogP contribution is -2.39. The van der Waals surface area contributed by atoms with Crippen molar-refractivity contribution in [2.45, 2.75) is 11.4 Å². The largest absolute Gasteiger partial charge is 0.383 e. The van der Waals surface area contributed by atoms with Crippen molar-refractivity contribution >= 4 is 27.4 Å². The first-order chi connectivity index (χ1) is 15.0. The van der Waals surface area contributed by atoms with Crippen LogP contribution < -0.4 is 21.9 Å². The van der Waals surface area contributed by atoms with Gasteiger partial charge >= 0.3 is 5.69 Å². The molecule has 11 heteroatoms. The average molecular weight is 458 g/mol. The maximum absolute atomic E-state index is 13.1. The summed E-state index contributed by atoms with van der Waals surface area (Å²) < 4.78 is 27.0. The SMILES string of the molecule is CN(C(=O)c1cccc(S(=O)(=O)N(C)C)c1)c1c(N)n(Cc2ccccc2)c(=O)[nH]c1=O. The number of aromatic amines is 1. The summed E-state index contributed by atoms with van der Waals surface area (Å²) in [4.78, 5) is 41.0. The Balaban J connectivity index is 2.04. The minimum Gasteiger partial charge on any atom is -0.383 e. The molecule has 0 radical (unpaired) electrons. The number of nitrogens with two attached hydrogens (primary N) is 1. The zero-order chi connectivity index (χ0) is 23.6. The summed E-state index contributed by atoms with van der Waals surface area (Å²) >= 11 is 0. The number of carbonyl (C=O) groups excluding carboxylic acids is 1. The molecular weight excluding hydrogens is 434 g/mol. The fraction of sp³-hybridized carbons (Fsp3) is 0.190. The molecule has 168 valence electrons. The van der Waals surface area contributed by atoms with Gasteiger partial charge in [-0.15, -0.1) is 0 Å². The molecule has 2 aromatic carbocycles. The van der Waals surface area contributed by atoms with Gasteiger partial charge < -0.3 is 10.6 Å². The quantitative estimate of drug-likeness (QED) is 0.559. The number of nitrogen functional groups attached to an aromatic ring is 1. The second kappa shape index (κ2) is 8.81. The summed E-state index contributed by atoms with van der Waals surface area (Å²) in [5, 5.41) is 0. The van der Waals surface area contributed by atoms with Crippen LogP contribution in [0.5, 0.6) is 0 Å². The third-order valence-corrected chi connectivity index (χ3v) is 6.71. The van der Waals surface area contributed by atoms with Crippen molar-refractivity contribution in [3.63, 3.8) is 0 Å². The summed E-state index contributed by atoms with van der Waals surface area (Å²) in [5.74, 6) is -0.849. The first-order valence-corrected chi connectivity index (χ1v) is 10.9. The van der Waals surface area contributed by atoms with E-state index in [0.717, 1.165) is 19.3 Å². The summed E-state index contributed by atoms with van der Waals surface area (Å²) in [5.41, 5.74) is 5.19. The molecule has 0 bridgehead atoms. The van der Waals surface area contributed by atoms with E-state index in [1.165, 1.54) is 45.4 Å². The number of carbonyl (C=O) groups is 1. The first kappa shape index (κ1) is 23.0. The fourth-order valence-electron chi connectivity index (χ4n) is 3.12. The lowest BCUT2D eigenvalue weighted by atomic mass is 10.2. The van der Waals surface area contributed by atoms with Crippen LogP contribution in [0.4, 0.5) is 11.5 Å². The molecule has 0 aliphatic rings. The van der Waals surface area contributed by atoms with Crippen LogP contribution in [-0.2, 0) is 16.6 Å². The monoisotopic (exact) mass is 457 g/mol. The molecule has 3 rings (SSSR count). The number of aromatic nitrogens is 2. The van der Waals surface area contributed by atoms with Crippen LogP contribution in [0.15, 0.2) is 69.1 Å². The Morgan fingerprint density at radius 1 is 1.03 bits per heavy atom. The zero-order valence-electron chi connectivity index (χ0n) is 17.8. The van der Waals surface area contributed by atoms with E-state index in [1.54, 1.807) is 24.3 Å². The standard InChI is InChI=1S/C21H23N5O5S/c1-24(2)32(30,31)16-11-7-10-15(12-16)20(28)25(3)17-18(22)26(21(29)23-19(17)27)13-14-8-5-4-6-9-14/h4-12H,13,22H2,1-3H3,(H,23,27,29). The summed E-state index contributed by atoms with van der Waals surface area (Å²) in [6.45, 7) is 0.0912. The smallest absolute Gasteiger partial charge is 0.330 e. The van der Waals surface area contributed by atoms with E-state index in [0.29, 0.717) is 0 Å². The highest BCUT2D eigenvalue weighted by molar-refractivity contribution is 7.89. The Bertz CT molecular complexity index is 1380. The molecule has 1 aromatic heterocycles. The van der Waals surface area contributed by atoms with E-state index in [-0.39, 0.29) is 28.5 Å². The predicted octanol–water partition coefficient (Wildman–Crippen LogP) is 0.694. The van der Waals surface area contributed by atoms with Crippen molar-refractivity contribution in [1.82, 2.24) is 13.9 Å². The van der Waals surface area contributed by atoms with Gasteiger partial charge in [0.2, 0.25) is 10.0 Å². The maximum atomic E-state index is 13.1. The number of hydrogen-bond acceptors (Lipinski definition) is 6. The molecule has 0 unspecified atom stereocenters. The molecule has 10 nitrogen and oxygen atoms in total. The second-order valence-electron chi connectivity index (χ2n) is 7.24. The van der Waals surface area contributed by atoms with Crippen molar-refractivity contribution in [1.29, 1.82) is 0 Å². The molecule has 3 N–H and O–H groups in total. The van der Waals surface area contributed by atoms with Crippen LogP contribution in [0, 0.1) is 0 Å². The predicted molar refractivity (Wildman–Crippen MR) is 121 cm³/mol. The molecule has 0 aliphatic carbocycles. The van der Waals surface area contributed by atoms with Gasteiger partial charge in [0, 0.05) is 26.7 Å². The fourth-order valence-corrected chi connectivity index (χ4v) is 4.07. The van der Waals surface area contributed by atoms with Gasteiger partial charge in [-0.05, 0) is 23.8 Å². The molecular formula is C21H23N5O5S. The Morgan fingerprint density at radius 2 is 1.69 bits per heavy atom. The molecule has 0 saturated carbocycles. The number of anilines is 2. The summed E-state index contributed by atoms with van der Waals surface area (Å²) in [7, 11) is 0.327. The molecule has 0 saturated heterocycles. The number of H-pyrrole nitrogens is 1. The van der Waals surface area contributed by atoms with Gasteiger partial charge in [-0.25, -0.2) is 17.5 Å². The number of benzene rings is 2. The van der Waals surface area contributed by atoms with Crippen LogP contribution in [0.2, 0.25) is 0 Å². The van der Waals surface area contributed by atoms with Crippen LogP contribution in [0.3, 0.4) is 0 Å². The lowest BCUT2D eigenvalue weighted by Gasteiger charge is -2.21. The summed E-state index contributed by atoms with van der Waals surface area (Å²) in [6, 6.07) is 14.5. The van der Waals surface area contributed by atoms with Crippen molar-refractivity contribution in [2.24, 2.45) is 0 Å². The Kier molecular flexibility index (Phi) is 6.32. The highest BCUT2D eigenvalue weighted by Crippen LogP contribution is 2.21. The van der Waals surface area contributed by atoms with Gasteiger partial charge in [0.1, 0.15) is 5.82 Å². The number of hydrogen-bond donors (Lipinski definition) is 2. The Labute approximate surface area is 184 Å². The normalized spacial score (nSPS) is 11.5. The Morgan fingerprint density at radius 3 is 2.31 bits per heavy atom. The van der Waals surface area contributed by atoms with Gasteiger partial charge in [-0.2, -0.15) is 0 Å². The van der Waals surface area contributed by atoms with E-state index in [1.807, 2.05) is 6.07 Å². The minimum atomic E-state index is -3.76. The minimum absolute atomic E-state index is 0.0371. The highest BCUT2D eigenvalue weighted by atomic mass is 32.2. The van der Waals surface area contributed by atoms with Crippen LogP contribution in [0.25, 0.3) is 0 Å². The van der Waals surface area contributed by atoms with Crippen LogP contribution >= 0.6 is 0 Å². The van der Waals surface area contributed by atoms with E-state index in [4.69, 9.17) is 5.73 Å². The van der Waals surface area contributed by atoms with Gasteiger partial charge in [0.05, 0.1) is 11.4 Å². The highest BCUT2D eigenvalue weighted by Gasteiger charge is 2.24. The molecule has 0 aliphatic heterocycles. The van der Waals surface area contributed by atoms with Crippen molar-refractivity contribution in [2.75, 3.05) is 31.8 Å². The molecule has 32 heavy (non-hydrogen) atoms. The van der Waals surface area contributed by atoms with Crippen LogP contribution in [-0.4, -0.2) is 49.3 Å².